The average Bonchev–Trinajstić information content (AvgIpc) is 2.97. The number of rotatable bonds is 0. The third-order valence-electron chi connectivity index (χ3n) is 6.55. The van der Waals surface area contributed by atoms with Gasteiger partial charge < -0.3 is 15.4 Å². The van der Waals surface area contributed by atoms with Crippen molar-refractivity contribution in [3.05, 3.63) is 0 Å². The monoisotopic (exact) mass is 601 g/mol. The fourth-order valence-corrected chi connectivity index (χ4v) is 3.97. The van der Waals surface area contributed by atoms with Gasteiger partial charge in [-0.3, -0.25) is 44.4 Å². The van der Waals surface area contributed by atoms with Gasteiger partial charge in [0.2, 0.25) is 29.5 Å². The van der Waals surface area contributed by atoms with Gasteiger partial charge in [0.1, 0.15) is 0 Å². The molecule has 42 heavy (non-hydrogen) atoms. The minimum Gasteiger partial charge on any atom is -0.466 e. The highest BCUT2D eigenvalue weighted by Crippen LogP contribution is 2.05. The Morgan fingerprint density at radius 2 is 0.857 bits per heavy atom. The molecule has 1 fully saturated rings. The summed E-state index contributed by atoms with van der Waals surface area (Å²) in [5, 5.41) is 36.7. The predicted octanol–water partition coefficient (Wildman–Crippen LogP) is 1.28. The summed E-state index contributed by atoms with van der Waals surface area (Å²) in [5.74, 6) is -2.97. The molecule has 240 valence electrons. The first-order valence-corrected chi connectivity index (χ1v) is 14.8. The van der Waals surface area contributed by atoms with Crippen molar-refractivity contribution in [2.75, 3.05) is 39.3 Å². The molecule has 0 spiro atoms. The van der Waals surface area contributed by atoms with Crippen LogP contribution in [0.25, 0.3) is 0 Å². The summed E-state index contributed by atoms with van der Waals surface area (Å²) in [4.78, 5) is 71.8. The van der Waals surface area contributed by atoms with Crippen LogP contribution in [-0.2, 0) is 33.5 Å². The lowest BCUT2D eigenvalue weighted by Crippen LogP contribution is -2.31. The van der Waals surface area contributed by atoms with E-state index in [4.69, 9.17) is 4.74 Å². The molecule has 0 atom stereocenters. The Morgan fingerprint density at radius 3 is 1.29 bits per heavy atom. The van der Waals surface area contributed by atoms with Gasteiger partial charge in [-0.25, -0.2) is 15.2 Å². The van der Waals surface area contributed by atoms with Crippen LogP contribution in [0.5, 0.6) is 0 Å². The minimum atomic E-state index is -0.602. The number of hydroxylamine groups is 6. The highest BCUT2D eigenvalue weighted by Gasteiger charge is 2.16. The van der Waals surface area contributed by atoms with E-state index in [1.54, 1.807) is 0 Å². The number of ether oxygens (including phenoxy) is 1. The molecule has 15 heteroatoms. The van der Waals surface area contributed by atoms with Gasteiger partial charge in [-0.1, -0.05) is 0 Å². The first-order chi connectivity index (χ1) is 20.1. The molecule has 1 saturated heterocycles. The van der Waals surface area contributed by atoms with E-state index in [-0.39, 0.29) is 76.6 Å². The molecule has 0 saturated carbocycles. The number of carbonyl (C=O) groups excluding carboxylic acids is 6. The van der Waals surface area contributed by atoms with Crippen LogP contribution >= 0.6 is 0 Å². The van der Waals surface area contributed by atoms with Gasteiger partial charge in [0.25, 0.3) is 0 Å². The fourth-order valence-electron chi connectivity index (χ4n) is 3.97. The van der Waals surface area contributed by atoms with Crippen molar-refractivity contribution in [2.24, 2.45) is 0 Å². The normalized spacial score (nSPS) is 21.4. The summed E-state index contributed by atoms with van der Waals surface area (Å²) in [6.45, 7) is 1.12. The van der Waals surface area contributed by atoms with E-state index in [2.05, 4.69) is 10.6 Å². The van der Waals surface area contributed by atoms with E-state index in [0.717, 1.165) is 0 Å². The van der Waals surface area contributed by atoms with Gasteiger partial charge >= 0.3 is 5.97 Å². The van der Waals surface area contributed by atoms with E-state index in [1.807, 2.05) is 0 Å². The van der Waals surface area contributed by atoms with E-state index >= 15 is 0 Å². The van der Waals surface area contributed by atoms with Crippen LogP contribution in [0.3, 0.4) is 0 Å². The Bertz CT molecular complexity index is 763. The zero-order valence-corrected chi connectivity index (χ0v) is 24.4. The first-order valence-electron chi connectivity index (χ1n) is 14.8. The molecule has 1 rings (SSSR count). The van der Waals surface area contributed by atoms with Gasteiger partial charge in [-0.05, 0) is 57.8 Å². The van der Waals surface area contributed by atoms with Gasteiger partial charge in [-0.15, -0.1) is 0 Å². The van der Waals surface area contributed by atoms with E-state index in [9.17, 15) is 44.4 Å². The van der Waals surface area contributed by atoms with E-state index in [1.165, 1.54) is 0 Å². The molecule has 0 unspecified atom stereocenters. The largest absolute Gasteiger partial charge is 0.466 e. The Hall–Kier alpha value is -3.30. The minimum absolute atomic E-state index is 0.0696. The molecule has 1 aliphatic rings. The molecule has 1 aliphatic heterocycles. The maximum Gasteiger partial charge on any atom is 0.306 e. The smallest absolute Gasteiger partial charge is 0.306 e. The Morgan fingerprint density at radius 1 is 0.476 bits per heavy atom. The number of hydrogen-bond acceptors (Lipinski definition) is 10. The van der Waals surface area contributed by atoms with Crippen LogP contribution < -0.4 is 10.6 Å². The number of amides is 5. The van der Waals surface area contributed by atoms with Gasteiger partial charge in [0.05, 0.1) is 13.0 Å². The number of nitrogens with one attached hydrogen (secondary N) is 2. The Kier molecular flexibility index (Phi) is 19.5. The number of cyclic esters (lactones) is 1. The van der Waals surface area contributed by atoms with Crippen LogP contribution in [0, 0.1) is 0 Å². The standard InChI is InChI=1S/C27H47N5O10/c33-22-10-12-24(35)30(39)18-6-1-4-16-28-23(34)11-13-25(36)31(40)20-8-3-9-21-42-27(38)15-14-26(37)32(41)19-7-2-5-17-29-22/h39-41H,1-21H2,(H,28,34)(H,29,33). The lowest BCUT2D eigenvalue weighted by Gasteiger charge is -2.15. The highest BCUT2D eigenvalue weighted by molar-refractivity contribution is 5.84. The molecular formula is C27H47N5O10. The summed E-state index contributed by atoms with van der Waals surface area (Å²) in [5.41, 5.74) is 0. The van der Waals surface area contributed by atoms with Gasteiger partial charge in [-0.2, -0.15) is 0 Å². The zero-order valence-electron chi connectivity index (χ0n) is 24.4. The van der Waals surface area contributed by atoms with Crippen LogP contribution in [-0.4, -0.2) is 106 Å². The quantitative estimate of drug-likeness (QED) is 0.199. The maximum atomic E-state index is 12.0. The lowest BCUT2D eigenvalue weighted by atomic mass is 10.2. The molecule has 1 heterocycles. The van der Waals surface area contributed by atoms with Crippen LogP contribution in [0.1, 0.15) is 96.3 Å². The zero-order chi connectivity index (χ0) is 31.2. The van der Waals surface area contributed by atoms with E-state index < -0.39 is 23.7 Å². The molecule has 0 radical (unpaired) electrons. The molecular weight excluding hydrogens is 554 g/mol. The van der Waals surface area contributed by atoms with Crippen molar-refractivity contribution in [3.63, 3.8) is 0 Å². The van der Waals surface area contributed by atoms with Crippen molar-refractivity contribution in [1.82, 2.24) is 25.8 Å². The number of nitrogens with zero attached hydrogens (tertiary/aromatic N) is 3. The second-order valence-electron chi connectivity index (χ2n) is 10.2. The average molecular weight is 602 g/mol. The highest BCUT2D eigenvalue weighted by atomic mass is 16.5. The van der Waals surface area contributed by atoms with Crippen molar-refractivity contribution in [3.8, 4) is 0 Å². The number of hydrogen-bond donors (Lipinski definition) is 5. The first kappa shape index (κ1) is 36.7. The van der Waals surface area contributed by atoms with Gasteiger partial charge in [0, 0.05) is 64.8 Å². The number of esters is 1. The summed E-state index contributed by atoms with van der Waals surface area (Å²) in [6.07, 6.45) is 4.20. The predicted molar refractivity (Wildman–Crippen MR) is 147 cm³/mol. The van der Waals surface area contributed by atoms with Crippen molar-refractivity contribution >= 4 is 35.5 Å². The van der Waals surface area contributed by atoms with Crippen LogP contribution in [0.2, 0.25) is 0 Å². The van der Waals surface area contributed by atoms with E-state index in [0.29, 0.717) is 86.1 Å². The van der Waals surface area contributed by atoms with Gasteiger partial charge in [0.15, 0.2) is 0 Å². The lowest BCUT2D eigenvalue weighted by molar-refractivity contribution is -0.167. The molecule has 0 aromatic rings. The van der Waals surface area contributed by atoms with Crippen molar-refractivity contribution < 1.29 is 49.1 Å². The molecule has 5 amide bonds. The summed E-state index contributed by atoms with van der Waals surface area (Å²) < 4.78 is 5.08. The van der Waals surface area contributed by atoms with Crippen LogP contribution in [0.4, 0.5) is 0 Å². The second-order valence-corrected chi connectivity index (χ2v) is 10.2. The Labute approximate surface area is 246 Å². The molecule has 0 bridgehead atoms. The molecule has 0 aromatic heterocycles. The van der Waals surface area contributed by atoms with Crippen molar-refractivity contribution in [2.45, 2.75) is 96.3 Å². The summed E-state index contributed by atoms with van der Waals surface area (Å²) in [6, 6.07) is 0. The van der Waals surface area contributed by atoms with Crippen LogP contribution in [0.15, 0.2) is 0 Å². The molecule has 0 aromatic carbocycles. The summed E-state index contributed by atoms with van der Waals surface area (Å²) in [7, 11) is 0. The summed E-state index contributed by atoms with van der Waals surface area (Å²) >= 11 is 0. The molecule has 15 nitrogen and oxygen atoms in total. The fraction of sp³-hybridized carbons (Fsp3) is 0.778. The Balaban J connectivity index is 2.49. The second kappa shape index (κ2) is 22.3. The third-order valence-corrected chi connectivity index (χ3v) is 6.55. The van der Waals surface area contributed by atoms with Crippen molar-refractivity contribution in [1.29, 1.82) is 0 Å². The SMILES string of the molecule is O=C1CCC(=O)N(O)CCCCCNC(=O)CCC(=O)N(O)CCCCCOC(=O)CCC(=O)N(O)CCCCCN1. The maximum absolute atomic E-state index is 12.0. The molecule has 0 aliphatic carbocycles. The molecule has 5 N–H and O–H groups in total. The third kappa shape index (κ3) is 18.2. The number of carbonyl (C=O) groups is 6. The topological polar surface area (TPSA) is 206 Å².